The molecule has 2 aromatic heterocycles. The zero-order chi connectivity index (χ0) is 15.2. The molecule has 0 unspecified atom stereocenters. The molecular weight excluding hydrogens is 292 g/mol. The van der Waals surface area contributed by atoms with Crippen molar-refractivity contribution in [3.63, 3.8) is 0 Å². The molecule has 2 aromatic rings. The molecule has 0 bridgehead atoms. The third-order valence-corrected chi connectivity index (χ3v) is 3.56. The van der Waals surface area contributed by atoms with Gasteiger partial charge in [0.05, 0.1) is 6.54 Å². The molecule has 0 aliphatic rings. The van der Waals surface area contributed by atoms with Crippen molar-refractivity contribution in [3.05, 3.63) is 45.9 Å². The van der Waals surface area contributed by atoms with Crippen LogP contribution in [0.5, 0.6) is 0 Å². The number of esters is 1. The fourth-order valence-corrected chi connectivity index (χ4v) is 2.22. The van der Waals surface area contributed by atoms with Crippen LogP contribution in [0, 0.1) is 0 Å². The number of aromatic nitrogens is 1. The zero-order valence-corrected chi connectivity index (χ0v) is 12.2. The number of Topliss-reactive ketones (excluding diaryl/α,β-unsaturated/α-hetero) is 1. The fraction of sp³-hybridized carbons (Fsp3) is 0.214. The molecule has 2 rings (SSSR count). The summed E-state index contributed by atoms with van der Waals surface area (Å²) in [6.07, 6.45) is 1.43. The monoisotopic (exact) mass is 306 g/mol. The van der Waals surface area contributed by atoms with Crippen LogP contribution in [0.4, 0.5) is 0 Å². The van der Waals surface area contributed by atoms with E-state index >= 15 is 0 Å². The van der Waals surface area contributed by atoms with Gasteiger partial charge in [0.25, 0.3) is 5.91 Å². The molecule has 0 aliphatic carbocycles. The van der Waals surface area contributed by atoms with Crippen molar-refractivity contribution in [2.75, 3.05) is 6.61 Å². The third-order valence-electron chi connectivity index (χ3n) is 2.68. The second kappa shape index (κ2) is 6.85. The Kier molecular flexibility index (Phi) is 4.89. The Bertz CT molecular complexity index is 646. The maximum Gasteiger partial charge on any atom is 0.355 e. The Labute approximate surface area is 125 Å². The Morgan fingerprint density at radius 1 is 1.38 bits per heavy atom. The van der Waals surface area contributed by atoms with Crippen molar-refractivity contribution in [2.24, 2.45) is 0 Å². The molecule has 1 amide bonds. The lowest BCUT2D eigenvalue weighted by atomic mass is 10.2. The smallest absolute Gasteiger partial charge is 0.355 e. The number of H-pyrrole nitrogens is 1. The minimum absolute atomic E-state index is 0.145. The molecule has 21 heavy (non-hydrogen) atoms. The third kappa shape index (κ3) is 4.28. The van der Waals surface area contributed by atoms with Gasteiger partial charge in [-0.15, -0.1) is 11.3 Å². The minimum Gasteiger partial charge on any atom is -0.451 e. The van der Waals surface area contributed by atoms with Gasteiger partial charge in [-0.3, -0.25) is 9.59 Å². The highest BCUT2D eigenvalue weighted by molar-refractivity contribution is 7.09. The topological polar surface area (TPSA) is 88.3 Å². The number of thiophene rings is 1. The number of nitrogens with one attached hydrogen (secondary N) is 2. The van der Waals surface area contributed by atoms with Crippen LogP contribution in [-0.4, -0.2) is 29.3 Å². The Morgan fingerprint density at radius 2 is 2.19 bits per heavy atom. The maximum atomic E-state index is 11.7. The number of aromatic amines is 1. The number of amides is 1. The predicted octanol–water partition coefficient (Wildman–Crippen LogP) is 1.75. The summed E-state index contributed by atoms with van der Waals surface area (Å²) in [6.45, 7) is 1.44. The largest absolute Gasteiger partial charge is 0.451 e. The first kappa shape index (κ1) is 15.0. The van der Waals surface area contributed by atoms with E-state index in [1.54, 1.807) is 0 Å². The van der Waals surface area contributed by atoms with Crippen LogP contribution in [0.2, 0.25) is 0 Å². The number of carbonyl (C=O) groups is 3. The Morgan fingerprint density at radius 3 is 2.81 bits per heavy atom. The van der Waals surface area contributed by atoms with Gasteiger partial charge in [-0.25, -0.2) is 4.79 Å². The van der Waals surface area contributed by atoms with Gasteiger partial charge in [-0.1, -0.05) is 6.07 Å². The lowest BCUT2D eigenvalue weighted by Gasteiger charge is -2.04. The van der Waals surface area contributed by atoms with Gasteiger partial charge in [-0.05, 0) is 24.4 Å². The van der Waals surface area contributed by atoms with Crippen molar-refractivity contribution in [1.82, 2.24) is 10.3 Å². The first-order valence-electron chi connectivity index (χ1n) is 6.22. The molecule has 0 spiro atoms. The average molecular weight is 306 g/mol. The molecule has 0 fully saturated rings. The highest BCUT2D eigenvalue weighted by atomic mass is 32.1. The van der Waals surface area contributed by atoms with Crippen molar-refractivity contribution < 1.29 is 19.1 Å². The Hall–Kier alpha value is -2.41. The maximum absolute atomic E-state index is 11.7. The number of ether oxygens (including phenoxy) is 1. The van der Waals surface area contributed by atoms with E-state index in [1.165, 1.54) is 30.5 Å². The molecule has 6 nitrogen and oxygen atoms in total. The van der Waals surface area contributed by atoms with Crippen molar-refractivity contribution in [3.8, 4) is 0 Å². The van der Waals surface area contributed by atoms with Crippen molar-refractivity contribution >= 4 is 29.0 Å². The van der Waals surface area contributed by atoms with E-state index in [-0.39, 0.29) is 24.0 Å². The summed E-state index contributed by atoms with van der Waals surface area (Å²) in [4.78, 5) is 38.0. The number of hydrogen-bond donors (Lipinski definition) is 2. The first-order chi connectivity index (χ1) is 10.1. The van der Waals surface area contributed by atoms with Gasteiger partial charge in [-0.2, -0.15) is 0 Å². The van der Waals surface area contributed by atoms with Crippen LogP contribution < -0.4 is 5.32 Å². The summed E-state index contributed by atoms with van der Waals surface area (Å²) < 4.78 is 4.86. The number of hydrogen-bond acceptors (Lipinski definition) is 5. The highest BCUT2D eigenvalue weighted by Crippen LogP contribution is 2.08. The molecular formula is C14H14N2O4S. The van der Waals surface area contributed by atoms with Crippen LogP contribution >= 0.6 is 11.3 Å². The number of rotatable bonds is 6. The van der Waals surface area contributed by atoms with E-state index in [0.29, 0.717) is 12.1 Å². The highest BCUT2D eigenvalue weighted by Gasteiger charge is 2.13. The summed E-state index contributed by atoms with van der Waals surface area (Å²) in [5.41, 5.74) is 0.537. The second-order valence-electron chi connectivity index (χ2n) is 4.29. The van der Waals surface area contributed by atoms with Gasteiger partial charge in [0.1, 0.15) is 5.69 Å². The molecule has 110 valence electrons. The standard InChI is InChI=1S/C14H14N2O4S/c1-9(17)10-5-12(15-6-10)14(19)20-8-13(18)16-7-11-3-2-4-21-11/h2-6,15H,7-8H2,1H3,(H,16,18). The lowest BCUT2D eigenvalue weighted by molar-refractivity contribution is -0.124. The molecule has 0 saturated heterocycles. The summed E-state index contributed by atoms with van der Waals surface area (Å²) in [7, 11) is 0. The molecule has 0 saturated carbocycles. The van der Waals surface area contributed by atoms with Crippen LogP contribution in [0.15, 0.2) is 29.8 Å². The van der Waals surface area contributed by atoms with E-state index in [4.69, 9.17) is 4.74 Å². The van der Waals surface area contributed by atoms with E-state index in [2.05, 4.69) is 10.3 Å². The first-order valence-corrected chi connectivity index (χ1v) is 7.10. The summed E-state index contributed by atoms with van der Waals surface area (Å²) in [6, 6.07) is 5.19. The normalized spacial score (nSPS) is 10.1. The summed E-state index contributed by atoms with van der Waals surface area (Å²) in [5.74, 6) is -1.21. The van der Waals surface area contributed by atoms with Crippen LogP contribution in [-0.2, 0) is 16.1 Å². The van der Waals surface area contributed by atoms with Gasteiger partial charge < -0.3 is 15.0 Å². The molecule has 2 N–H and O–H groups in total. The molecule has 0 aromatic carbocycles. The lowest BCUT2D eigenvalue weighted by Crippen LogP contribution is -2.28. The summed E-state index contributed by atoms with van der Waals surface area (Å²) >= 11 is 1.53. The van der Waals surface area contributed by atoms with Crippen molar-refractivity contribution in [1.29, 1.82) is 0 Å². The van der Waals surface area contributed by atoms with Gasteiger partial charge in [0.2, 0.25) is 0 Å². The van der Waals surface area contributed by atoms with Crippen molar-refractivity contribution in [2.45, 2.75) is 13.5 Å². The second-order valence-corrected chi connectivity index (χ2v) is 5.32. The van der Waals surface area contributed by atoms with E-state index in [9.17, 15) is 14.4 Å². The molecule has 0 aliphatic heterocycles. The average Bonchev–Trinajstić information content (AvgIpc) is 3.12. The molecule has 0 radical (unpaired) electrons. The molecule has 0 atom stereocenters. The van der Waals surface area contributed by atoms with E-state index in [1.807, 2.05) is 17.5 Å². The number of carbonyl (C=O) groups excluding carboxylic acids is 3. The molecule has 7 heteroatoms. The van der Waals surface area contributed by atoms with Crippen LogP contribution in [0.1, 0.15) is 32.6 Å². The quantitative estimate of drug-likeness (QED) is 0.628. The predicted molar refractivity (Wildman–Crippen MR) is 77.2 cm³/mol. The minimum atomic E-state index is -0.672. The number of ketones is 1. The van der Waals surface area contributed by atoms with Gasteiger partial charge >= 0.3 is 5.97 Å². The fourth-order valence-electron chi connectivity index (χ4n) is 1.57. The van der Waals surface area contributed by atoms with Gasteiger partial charge in [0.15, 0.2) is 12.4 Å². The SMILES string of the molecule is CC(=O)c1c[nH]c(C(=O)OCC(=O)NCc2cccs2)c1. The van der Waals surface area contributed by atoms with Gasteiger partial charge in [0, 0.05) is 16.6 Å². The van der Waals surface area contributed by atoms with E-state index in [0.717, 1.165) is 4.88 Å². The summed E-state index contributed by atoms with van der Waals surface area (Å²) in [5, 5.41) is 4.56. The van der Waals surface area contributed by atoms with E-state index < -0.39 is 5.97 Å². The van der Waals surface area contributed by atoms with Crippen LogP contribution in [0.3, 0.4) is 0 Å². The Balaban J connectivity index is 1.77. The van der Waals surface area contributed by atoms with Crippen LogP contribution in [0.25, 0.3) is 0 Å². The zero-order valence-electron chi connectivity index (χ0n) is 11.3. The molecule has 2 heterocycles.